The third-order valence-corrected chi connectivity index (χ3v) is 6.46. The van der Waals surface area contributed by atoms with Gasteiger partial charge in [0.15, 0.2) is 0 Å². The van der Waals surface area contributed by atoms with Gasteiger partial charge < -0.3 is 14.6 Å². The third kappa shape index (κ3) is 4.20. The number of alkyl halides is 3. The summed E-state index contributed by atoms with van der Waals surface area (Å²) in [5.41, 5.74) is 4.53. The van der Waals surface area contributed by atoms with Gasteiger partial charge in [0, 0.05) is 30.4 Å². The summed E-state index contributed by atoms with van der Waals surface area (Å²) in [5.74, 6) is -0.546. The summed E-state index contributed by atoms with van der Waals surface area (Å²) in [6.07, 6.45) is 4.74. The Morgan fingerprint density at radius 1 is 1.03 bits per heavy atom. The van der Waals surface area contributed by atoms with Gasteiger partial charge in [-0.2, -0.15) is 13.2 Å². The number of hydrogen-bond acceptors (Lipinski definition) is 5. The second-order valence-electron chi connectivity index (χ2n) is 8.95. The molecule has 1 amide bonds. The molecule has 1 fully saturated rings. The second kappa shape index (κ2) is 8.07. The molecule has 0 radical (unpaired) electrons. The van der Waals surface area contributed by atoms with Crippen molar-refractivity contribution in [2.45, 2.75) is 37.4 Å². The van der Waals surface area contributed by atoms with E-state index in [1.165, 1.54) is 11.8 Å². The van der Waals surface area contributed by atoms with E-state index in [0.29, 0.717) is 22.9 Å². The Kier molecular flexibility index (Phi) is 4.98. The van der Waals surface area contributed by atoms with Crippen LogP contribution < -0.4 is 10.2 Å². The zero-order valence-electron chi connectivity index (χ0n) is 18.5. The molecule has 2 aliphatic rings. The fourth-order valence-electron chi connectivity index (χ4n) is 4.54. The smallest absolute Gasteiger partial charge is 0.345 e. The third-order valence-electron chi connectivity index (χ3n) is 6.46. The van der Waals surface area contributed by atoms with Crippen LogP contribution in [-0.2, 0) is 11.3 Å². The standard InChI is InChI=1S/C25H21F3N6O/c26-25(27,28)14-31-24-30-11-18-12-34(19-7-8-20-29-9-10-33(20)13-19)23(35)21(22(18)32-24)17-5-3-16(4-6-17)15-1-2-15/h3-11,13,15,21H,1-2,12,14H2,(H,30,31,32). The maximum Gasteiger partial charge on any atom is 0.405 e. The van der Waals surface area contributed by atoms with E-state index in [0.717, 1.165) is 24.1 Å². The van der Waals surface area contributed by atoms with Gasteiger partial charge in [-0.1, -0.05) is 24.3 Å². The Morgan fingerprint density at radius 3 is 2.54 bits per heavy atom. The topological polar surface area (TPSA) is 75.4 Å². The first-order chi connectivity index (χ1) is 16.9. The van der Waals surface area contributed by atoms with E-state index in [1.807, 2.05) is 47.0 Å². The number of nitrogens with zero attached hydrogens (tertiary/aromatic N) is 5. The van der Waals surface area contributed by atoms with Crippen LogP contribution in [0.4, 0.5) is 24.8 Å². The summed E-state index contributed by atoms with van der Waals surface area (Å²) >= 11 is 0. The van der Waals surface area contributed by atoms with Crippen LogP contribution in [0.2, 0.25) is 0 Å². The van der Waals surface area contributed by atoms with Gasteiger partial charge in [-0.25, -0.2) is 15.0 Å². The van der Waals surface area contributed by atoms with Crippen molar-refractivity contribution < 1.29 is 18.0 Å². The van der Waals surface area contributed by atoms with Gasteiger partial charge in [0.1, 0.15) is 18.1 Å². The Hall–Kier alpha value is -3.95. The number of aromatic nitrogens is 4. The summed E-state index contributed by atoms with van der Waals surface area (Å²) in [5, 5.41) is 2.23. The zero-order chi connectivity index (χ0) is 24.2. The van der Waals surface area contributed by atoms with Crippen LogP contribution in [0, 0.1) is 0 Å². The highest BCUT2D eigenvalue weighted by Gasteiger charge is 2.38. The number of carbonyl (C=O) groups is 1. The molecule has 0 bridgehead atoms. The fourth-order valence-corrected chi connectivity index (χ4v) is 4.54. The first kappa shape index (κ1) is 21.6. The lowest BCUT2D eigenvalue weighted by molar-refractivity contribution is -0.120. The average molecular weight is 478 g/mol. The van der Waals surface area contributed by atoms with Crippen LogP contribution in [0.1, 0.15) is 47.1 Å². The number of anilines is 2. The maximum atomic E-state index is 13.9. The Balaban J connectivity index is 1.41. The van der Waals surface area contributed by atoms with Crippen molar-refractivity contribution in [1.82, 2.24) is 19.4 Å². The van der Waals surface area contributed by atoms with E-state index in [9.17, 15) is 18.0 Å². The molecule has 178 valence electrons. The monoisotopic (exact) mass is 478 g/mol. The number of nitrogens with one attached hydrogen (secondary N) is 1. The summed E-state index contributed by atoms with van der Waals surface area (Å²) in [7, 11) is 0. The Bertz CT molecular complexity index is 1410. The molecular weight excluding hydrogens is 457 g/mol. The first-order valence-corrected chi connectivity index (χ1v) is 11.4. The van der Waals surface area contributed by atoms with Gasteiger partial charge in [-0.15, -0.1) is 0 Å². The molecule has 1 atom stereocenters. The quantitative estimate of drug-likeness (QED) is 0.452. The number of rotatable bonds is 5. The summed E-state index contributed by atoms with van der Waals surface area (Å²) < 4.78 is 40.0. The Labute approximate surface area is 198 Å². The van der Waals surface area contributed by atoms with Crippen LogP contribution in [0.5, 0.6) is 0 Å². The molecule has 10 heteroatoms. The van der Waals surface area contributed by atoms with Crippen molar-refractivity contribution in [3.05, 3.63) is 83.6 Å². The lowest BCUT2D eigenvalue weighted by Gasteiger charge is -2.33. The lowest BCUT2D eigenvalue weighted by Crippen LogP contribution is -2.41. The SMILES string of the molecule is O=C1C(c2ccc(C3CC3)cc2)c2nc(NCC(F)(F)F)ncc2CN1c1ccc2nccn2c1. The number of fused-ring (bicyclic) bond motifs is 2. The molecule has 1 saturated carbocycles. The number of amides is 1. The minimum atomic E-state index is -4.41. The second-order valence-corrected chi connectivity index (χ2v) is 8.95. The molecule has 0 spiro atoms. The van der Waals surface area contributed by atoms with Crippen molar-refractivity contribution in [1.29, 1.82) is 0 Å². The zero-order valence-corrected chi connectivity index (χ0v) is 18.5. The van der Waals surface area contributed by atoms with Crippen LogP contribution in [0.15, 0.2) is 61.2 Å². The van der Waals surface area contributed by atoms with Gasteiger partial charge >= 0.3 is 6.18 Å². The van der Waals surface area contributed by atoms with Crippen LogP contribution >= 0.6 is 0 Å². The predicted molar refractivity (Wildman–Crippen MR) is 123 cm³/mol. The van der Waals surface area contributed by atoms with E-state index in [2.05, 4.69) is 20.3 Å². The highest BCUT2D eigenvalue weighted by molar-refractivity contribution is 6.01. The summed E-state index contributed by atoms with van der Waals surface area (Å²) in [4.78, 5) is 28.2. The van der Waals surface area contributed by atoms with Crippen molar-refractivity contribution >= 4 is 23.2 Å². The highest BCUT2D eigenvalue weighted by atomic mass is 19.4. The van der Waals surface area contributed by atoms with Gasteiger partial charge in [0.2, 0.25) is 11.9 Å². The van der Waals surface area contributed by atoms with Crippen molar-refractivity contribution in [2.75, 3.05) is 16.8 Å². The van der Waals surface area contributed by atoms with E-state index >= 15 is 0 Å². The van der Waals surface area contributed by atoms with E-state index in [4.69, 9.17) is 0 Å². The minimum absolute atomic E-state index is 0.151. The van der Waals surface area contributed by atoms with Crippen LogP contribution in [-0.4, -0.2) is 38.0 Å². The average Bonchev–Trinajstić information content (AvgIpc) is 3.59. The predicted octanol–water partition coefficient (Wildman–Crippen LogP) is 4.65. The summed E-state index contributed by atoms with van der Waals surface area (Å²) in [6.45, 7) is -1.04. The van der Waals surface area contributed by atoms with Crippen LogP contribution in [0.3, 0.4) is 0 Å². The minimum Gasteiger partial charge on any atom is -0.345 e. The van der Waals surface area contributed by atoms with Gasteiger partial charge in [-0.3, -0.25) is 4.79 Å². The van der Waals surface area contributed by atoms with E-state index < -0.39 is 18.6 Å². The highest BCUT2D eigenvalue weighted by Crippen LogP contribution is 2.41. The molecule has 1 aromatic carbocycles. The van der Waals surface area contributed by atoms with E-state index in [1.54, 1.807) is 17.3 Å². The first-order valence-electron chi connectivity index (χ1n) is 11.4. The normalized spacial score (nSPS) is 18.1. The van der Waals surface area contributed by atoms with Crippen molar-refractivity contribution in [3.8, 4) is 0 Å². The van der Waals surface area contributed by atoms with Gasteiger partial charge in [0.05, 0.1) is 17.9 Å². The van der Waals surface area contributed by atoms with E-state index in [-0.39, 0.29) is 18.4 Å². The number of pyridine rings is 1. The number of halogens is 3. The maximum absolute atomic E-state index is 13.9. The molecule has 1 unspecified atom stereocenters. The molecule has 35 heavy (non-hydrogen) atoms. The fraction of sp³-hybridized carbons (Fsp3) is 0.280. The van der Waals surface area contributed by atoms with Gasteiger partial charge in [0.25, 0.3) is 0 Å². The molecule has 1 N–H and O–H groups in total. The molecule has 0 saturated heterocycles. The number of benzene rings is 1. The molecule has 1 aliphatic carbocycles. The largest absolute Gasteiger partial charge is 0.405 e. The Morgan fingerprint density at radius 2 is 1.80 bits per heavy atom. The molecule has 6 rings (SSSR count). The van der Waals surface area contributed by atoms with Crippen molar-refractivity contribution in [2.24, 2.45) is 0 Å². The molecule has 7 nitrogen and oxygen atoms in total. The molecule has 3 aromatic heterocycles. The summed E-state index contributed by atoms with van der Waals surface area (Å²) in [6, 6.07) is 11.6. The molecular formula is C25H21F3N6O. The van der Waals surface area contributed by atoms with Gasteiger partial charge in [-0.05, 0) is 42.0 Å². The lowest BCUT2D eigenvalue weighted by atomic mass is 9.87. The number of imidazole rings is 1. The molecule has 1 aliphatic heterocycles. The number of hydrogen-bond donors (Lipinski definition) is 1. The van der Waals surface area contributed by atoms with Crippen LogP contribution in [0.25, 0.3) is 5.65 Å². The molecule has 4 heterocycles. The van der Waals surface area contributed by atoms with Crippen molar-refractivity contribution in [3.63, 3.8) is 0 Å². The molecule has 4 aromatic rings. The number of carbonyl (C=O) groups excluding carboxylic acids is 1.